The molecule has 0 saturated carbocycles. The van der Waals surface area contributed by atoms with E-state index >= 15 is 0 Å². The van der Waals surface area contributed by atoms with Gasteiger partial charge in [0.1, 0.15) is 0 Å². The summed E-state index contributed by atoms with van der Waals surface area (Å²) in [6, 6.07) is 32.5. The van der Waals surface area contributed by atoms with Gasteiger partial charge in [-0.15, -0.1) is 6.58 Å². The smallest absolute Gasteiger partial charge is 0.0717 e. The van der Waals surface area contributed by atoms with Crippen molar-refractivity contribution in [2.45, 2.75) is 96.9 Å². The van der Waals surface area contributed by atoms with Crippen LogP contribution in [0.4, 0.5) is 5.69 Å². The monoisotopic (exact) mass is 867 g/mol. The first-order chi connectivity index (χ1) is 32.3. The van der Waals surface area contributed by atoms with Crippen molar-refractivity contribution in [3.63, 3.8) is 0 Å². The molecule has 3 unspecified atom stereocenters. The Hall–Kier alpha value is -6.48. The van der Waals surface area contributed by atoms with E-state index in [1.165, 1.54) is 78.3 Å². The average Bonchev–Trinajstić information content (AvgIpc) is 3.68. The van der Waals surface area contributed by atoms with Crippen molar-refractivity contribution in [2.75, 3.05) is 11.9 Å². The molecule has 0 aromatic heterocycles. The van der Waals surface area contributed by atoms with Crippen LogP contribution in [0.1, 0.15) is 118 Å². The number of fused-ring (bicyclic) bond motifs is 8. The number of nitrogens with zero attached hydrogens (tertiary/aromatic N) is 1. The van der Waals surface area contributed by atoms with Crippen LogP contribution >= 0.6 is 0 Å². The zero-order valence-corrected chi connectivity index (χ0v) is 40.5. The molecule has 4 aromatic carbocycles. The fourth-order valence-electron chi connectivity index (χ4n) is 10.7. The largest absolute Gasteiger partial charge is 0.313 e. The SMILES string of the molecule is C=CC.C=Cc1ccc(C2C(=C)C(=C)/C=C\C/C=C\C2NC)cc1C.CC.CC1=CCCC=C1N1C2=C(CCC=C2)C2(c3ccccc3-c3ccc(C4=CC=CCC4)cc32)c2ccccc21. The summed E-state index contributed by atoms with van der Waals surface area (Å²) in [5.41, 5.74) is 22.3. The molecule has 1 aliphatic heterocycles. The first kappa shape index (κ1) is 47.5. The van der Waals surface area contributed by atoms with E-state index in [9.17, 15) is 0 Å². The van der Waals surface area contributed by atoms with Gasteiger partial charge in [0.05, 0.1) is 11.1 Å². The van der Waals surface area contributed by atoms with Crippen molar-refractivity contribution < 1.29 is 0 Å². The van der Waals surface area contributed by atoms with Crippen molar-refractivity contribution in [3.8, 4) is 11.1 Å². The summed E-state index contributed by atoms with van der Waals surface area (Å²) in [6.07, 6.45) is 36.3. The summed E-state index contributed by atoms with van der Waals surface area (Å²) >= 11 is 0. The number of hydrogen-bond acceptors (Lipinski definition) is 2. The summed E-state index contributed by atoms with van der Waals surface area (Å²) in [6.45, 7) is 26.0. The molecule has 5 aliphatic carbocycles. The van der Waals surface area contributed by atoms with E-state index in [2.05, 4.69) is 202 Å². The molecule has 0 radical (unpaired) electrons. The Labute approximate surface area is 397 Å². The van der Waals surface area contributed by atoms with Gasteiger partial charge in [0.15, 0.2) is 0 Å². The van der Waals surface area contributed by atoms with Crippen LogP contribution in [0, 0.1) is 6.92 Å². The van der Waals surface area contributed by atoms with Crippen LogP contribution in [0.15, 0.2) is 218 Å². The van der Waals surface area contributed by atoms with E-state index in [-0.39, 0.29) is 17.4 Å². The molecular formula is C64H70N2. The molecule has 6 aliphatic rings. The van der Waals surface area contributed by atoms with E-state index in [1.807, 2.05) is 33.9 Å². The molecule has 336 valence electrons. The van der Waals surface area contributed by atoms with Crippen molar-refractivity contribution >= 4 is 17.3 Å². The molecule has 0 bridgehead atoms. The van der Waals surface area contributed by atoms with Gasteiger partial charge in [-0.2, -0.15) is 0 Å². The lowest BCUT2D eigenvalue weighted by Crippen LogP contribution is -2.41. The van der Waals surface area contributed by atoms with E-state index in [0.717, 1.165) is 56.1 Å². The topological polar surface area (TPSA) is 15.3 Å². The molecule has 0 fully saturated rings. The van der Waals surface area contributed by atoms with Gasteiger partial charge in [-0.3, -0.25) is 0 Å². The molecule has 1 heterocycles. The van der Waals surface area contributed by atoms with E-state index in [1.54, 1.807) is 11.6 Å². The average molecular weight is 867 g/mol. The van der Waals surface area contributed by atoms with Gasteiger partial charge in [0.2, 0.25) is 0 Å². The van der Waals surface area contributed by atoms with Crippen molar-refractivity contribution in [1.29, 1.82) is 0 Å². The highest BCUT2D eigenvalue weighted by Gasteiger charge is 2.53. The van der Waals surface area contributed by atoms with E-state index in [4.69, 9.17) is 0 Å². The normalized spacial score (nSPS) is 22.0. The summed E-state index contributed by atoms with van der Waals surface area (Å²) < 4.78 is 0. The Kier molecular flexibility index (Phi) is 15.6. The molecule has 2 heteroatoms. The Morgan fingerprint density at radius 1 is 0.742 bits per heavy atom. The molecule has 4 aromatic rings. The lowest BCUT2D eigenvalue weighted by molar-refractivity contribution is 0.593. The van der Waals surface area contributed by atoms with Crippen LogP contribution in [-0.4, -0.2) is 13.1 Å². The van der Waals surface area contributed by atoms with Gasteiger partial charge in [0, 0.05) is 23.4 Å². The lowest BCUT2D eigenvalue weighted by atomic mass is 9.62. The number of nitrogens with one attached hydrogen (secondary N) is 1. The predicted molar refractivity (Wildman–Crippen MR) is 289 cm³/mol. The number of anilines is 1. The highest BCUT2D eigenvalue weighted by molar-refractivity contribution is 5.92. The molecule has 3 atom stereocenters. The van der Waals surface area contributed by atoms with Gasteiger partial charge in [0.25, 0.3) is 0 Å². The van der Waals surface area contributed by atoms with Crippen LogP contribution in [-0.2, 0) is 5.41 Å². The molecule has 0 saturated heterocycles. The fraction of sp³-hybridized carbons (Fsp3) is 0.250. The van der Waals surface area contributed by atoms with Gasteiger partial charge < -0.3 is 10.2 Å². The van der Waals surface area contributed by atoms with Crippen LogP contribution in [0.2, 0.25) is 0 Å². The third-order valence-corrected chi connectivity index (χ3v) is 13.7. The molecular weight excluding hydrogens is 797 g/mol. The third-order valence-electron chi connectivity index (χ3n) is 13.7. The Morgan fingerprint density at radius 3 is 2.20 bits per heavy atom. The standard InChI is InChI=1S/C38H33N.C21H25N.C3H6.C2H6/c1-26-13-5-10-20-35(26)39-36-21-11-8-18-32(36)38(33-19-9-12-22-37(33)39)31-17-7-6-16-29(31)30-24-23-28(25-34(30)38)27-14-3-2-4-15-27;1-6-18-12-13-19(14-16(18)3)21-17(4)15(2)10-8-7-9-11-20(21)22-5;1-3-2;1-2/h2-3,6-8,11-14,16-18,20-25H,4-5,9-10,15,19H2,1H3;6,8-14,20-22H,1-2,4,7H2,3,5H3;3H,1H2,2H3;1-2H3/b;10-8-,11-9-;;. The zero-order chi connectivity index (χ0) is 46.8. The second kappa shape index (κ2) is 21.7. The Morgan fingerprint density at radius 2 is 1.47 bits per heavy atom. The summed E-state index contributed by atoms with van der Waals surface area (Å²) in [5.74, 6) is 0.175. The van der Waals surface area contributed by atoms with Crippen molar-refractivity contribution in [2.24, 2.45) is 0 Å². The van der Waals surface area contributed by atoms with Crippen LogP contribution in [0.5, 0.6) is 0 Å². The highest BCUT2D eigenvalue weighted by atomic mass is 15.2. The molecule has 1 spiro atoms. The number of likely N-dealkylation sites (N-methyl/N-ethyl adjacent to an activating group) is 1. The van der Waals surface area contributed by atoms with E-state index in [0.29, 0.717) is 0 Å². The molecule has 66 heavy (non-hydrogen) atoms. The highest BCUT2D eigenvalue weighted by Crippen LogP contribution is 2.63. The van der Waals surface area contributed by atoms with Crippen LogP contribution in [0.3, 0.4) is 0 Å². The fourth-order valence-corrected chi connectivity index (χ4v) is 10.7. The van der Waals surface area contributed by atoms with E-state index < -0.39 is 0 Å². The minimum atomic E-state index is -0.285. The maximum Gasteiger partial charge on any atom is 0.0717 e. The van der Waals surface area contributed by atoms with Gasteiger partial charge >= 0.3 is 0 Å². The Balaban J connectivity index is 0.000000205. The predicted octanol–water partition coefficient (Wildman–Crippen LogP) is 16.9. The van der Waals surface area contributed by atoms with Gasteiger partial charge in [-0.1, -0.05) is 179 Å². The van der Waals surface area contributed by atoms with Gasteiger partial charge in [-0.25, -0.2) is 0 Å². The number of benzene rings is 4. The molecule has 10 rings (SSSR count). The number of aryl methyl sites for hydroxylation is 1. The summed E-state index contributed by atoms with van der Waals surface area (Å²) in [5, 5.41) is 3.41. The number of para-hydroxylation sites is 1. The number of rotatable bonds is 5. The maximum absolute atomic E-state index is 4.32. The Bertz CT molecular complexity index is 2750. The quantitative estimate of drug-likeness (QED) is 0.201. The van der Waals surface area contributed by atoms with Crippen molar-refractivity contribution in [1.82, 2.24) is 5.32 Å². The van der Waals surface area contributed by atoms with Crippen LogP contribution in [0.25, 0.3) is 22.8 Å². The number of hydrogen-bond donors (Lipinski definition) is 1. The van der Waals surface area contributed by atoms with Crippen molar-refractivity contribution in [3.05, 3.63) is 257 Å². The molecule has 0 amide bonds. The lowest BCUT2D eigenvalue weighted by Gasteiger charge is -2.48. The second-order valence-electron chi connectivity index (χ2n) is 17.6. The zero-order valence-electron chi connectivity index (χ0n) is 40.5. The summed E-state index contributed by atoms with van der Waals surface area (Å²) in [7, 11) is 1.99. The third kappa shape index (κ3) is 8.92. The maximum atomic E-state index is 4.32. The first-order valence-corrected chi connectivity index (χ1v) is 24.2. The molecule has 2 nitrogen and oxygen atoms in total. The summed E-state index contributed by atoms with van der Waals surface area (Å²) in [4.78, 5) is 2.58. The van der Waals surface area contributed by atoms with Crippen LogP contribution < -0.4 is 10.2 Å². The minimum Gasteiger partial charge on any atom is -0.313 e. The minimum absolute atomic E-state index is 0.175. The van der Waals surface area contributed by atoms with Gasteiger partial charge in [-0.05, 0) is 169 Å². The molecule has 1 N–H and O–H groups in total. The second-order valence-corrected chi connectivity index (χ2v) is 17.6. The number of allylic oxidation sites excluding steroid dienone is 15. The first-order valence-electron chi connectivity index (χ1n) is 24.2.